The lowest BCUT2D eigenvalue weighted by atomic mass is 9.93. The van der Waals surface area contributed by atoms with Crippen molar-refractivity contribution in [3.05, 3.63) is 162 Å². The second kappa shape index (κ2) is 9.65. The molecular formula is C43H25N9O. The van der Waals surface area contributed by atoms with Crippen molar-refractivity contribution in [2.75, 3.05) is 4.90 Å². The quantitative estimate of drug-likeness (QED) is 0.185. The zero-order valence-corrected chi connectivity index (χ0v) is 27.9. The van der Waals surface area contributed by atoms with Crippen molar-refractivity contribution >= 4 is 73.1 Å². The molecule has 1 atom stereocenters. The van der Waals surface area contributed by atoms with E-state index < -0.39 is 0 Å². The highest BCUT2D eigenvalue weighted by Gasteiger charge is 2.39. The number of allylic oxidation sites excluding steroid dienone is 1. The Bertz CT molecular complexity index is 3390. The largest absolute Gasteiger partial charge is 0.337 e. The summed E-state index contributed by atoms with van der Waals surface area (Å²) in [6, 6.07) is 48.9. The lowest BCUT2D eigenvalue weighted by Crippen LogP contribution is -2.11. The number of fused-ring (bicyclic) bond motifs is 15. The van der Waals surface area contributed by atoms with Gasteiger partial charge in [0.1, 0.15) is 0 Å². The minimum absolute atomic E-state index is 0.205. The molecule has 2 aliphatic rings. The van der Waals surface area contributed by atoms with E-state index in [0.717, 1.165) is 49.8 Å². The molecule has 0 spiro atoms. The van der Waals surface area contributed by atoms with Crippen LogP contribution in [0.2, 0.25) is 0 Å². The number of nitrogens with zero attached hydrogens (tertiary/aromatic N) is 9. The molecule has 10 heteroatoms. The molecule has 0 radical (unpaired) electrons. The number of rotatable bonds is 3. The fourth-order valence-electron chi connectivity index (χ4n) is 8.84. The molecule has 0 N–H and O–H groups in total. The first kappa shape index (κ1) is 27.3. The van der Waals surface area contributed by atoms with Gasteiger partial charge in [-0.2, -0.15) is 4.98 Å². The first-order valence-electron chi connectivity index (χ1n) is 17.6. The monoisotopic (exact) mass is 683 g/mol. The van der Waals surface area contributed by atoms with Crippen LogP contribution in [0, 0.1) is 0 Å². The second-order valence-corrected chi connectivity index (χ2v) is 13.7. The van der Waals surface area contributed by atoms with Gasteiger partial charge in [0, 0.05) is 11.4 Å². The minimum Gasteiger partial charge on any atom is -0.313 e. The summed E-state index contributed by atoms with van der Waals surface area (Å²) in [5.74, 6) is 2.00. The predicted molar refractivity (Wildman–Crippen MR) is 205 cm³/mol. The van der Waals surface area contributed by atoms with Crippen LogP contribution in [0.3, 0.4) is 0 Å². The molecule has 53 heavy (non-hydrogen) atoms. The second-order valence-electron chi connectivity index (χ2n) is 13.7. The number of aromatic nitrogens is 8. The number of hydrogen-bond donors (Lipinski definition) is 0. The summed E-state index contributed by atoms with van der Waals surface area (Å²) < 4.78 is 14.3. The Balaban J connectivity index is 1.01. The average molecular weight is 684 g/mol. The van der Waals surface area contributed by atoms with E-state index in [1.54, 1.807) is 0 Å². The van der Waals surface area contributed by atoms with Gasteiger partial charge in [-0.3, -0.25) is 8.80 Å². The van der Waals surface area contributed by atoms with Gasteiger partial charge < -0.3 is 9.42 Å². The topological polar surface area (TPSA) is 86.6 Å². The van der Waals surface area contributed by atoms with Crippen LogP contribution in [-0.4, -0.2) is 38.0 Å². The van der Waals surface area contributed by atoms with Crippen molar-refractivity contribution in [2.24, 2.45) is 0 Å². The van der Waals surface area contributed by atoms with Crippen molar-refractivity contribution < 1.29 is 4.52 Å². The maximum absolute atomic E-state index is 6.08. The molecule has 0 saturated heterocycles. The molecular weight excluding hydrogens is 659 g/mol. The molecule has 13 rings (SSSR count). The molecule has 1 aliphatic heterocycles. The smallest absolute Gasteiger partial charge is 0.313 e. The van der Waals surface area contributed by atoms with Crippen LogP contribution in [0.1, 0.15) is 22.6 Å². The maximum Gasteiger partial charge on any atom is 0.337 e. The van der Waals surface area contributed by atoms with Crippen LogP contribution >= 0.6 is 0 Å². The summed E-state index contributed by atoms with van der Waals surface area (Å²) in [6.07, 6.45) is 2.34. The van der Waals surface area contributed by atoms with E-state index in [2.05, 4.69) is 122 Å². The van der Waals surface area contributed by atoms with E-state index in [4.69, 9.17) is 19.5 Å². The first-order chi connectivity index (χ1) is 26.3. The molecule has 1 unspecified atom stereocenters. The molecule has 0 fully saturated rings. The third-order valence-corrected chi connectivity index (χ3v) is 11.0. The standard InChI is InChI=1S/C43H25N9O/c1-2-12-27-25(11-1)23-38-39(27)28-13-3-5-15-31(28)48(38)26-21-22-30-37(24-26)50-33-17-7-9-19-35(33)51(41(50)45-30)40-46-43(53-47-40)52-36-20-10-8-18-34(36)49-32-16-6-4-14-29(32)44-42(49)52/h1-24,39H. The summed E-state index contributed by atoms with van der Waals surface area (Å²) >= 11 is 0. The summed E-state index contributed by atoms with van der Waals surface area (Å²) in [4.78, 5) is 17.6. The normalized spacial score (nSPS) is 15.1. The highest BCUT2D eigenvalue weighted by atomic mass is 16.5. The zero-order chi connectivity index (χ0) is 34.4. The number of benzene rings is 6. The van der Waals surface area contributed by atoms with Gasteiger partial charge >= 0.3 is 6.01 Å². The van der Waals surface area contributed by atoms with E-state index >= 15 is 0 Å². The van der Waals surface area contributed by atoms with Gasteiger partial charge in [0.15, 0.2) is 0 Å². The summed E-state index contributed by atoms with van der Waals surface area (Å²) in [5.41, 5.74) is 15.1. The Morgan fingerprint density at radius 1 is 0.509 bits per heavy atom. The van der Waals surface area contributed by atoms with Gasteiger partial charge in [0.25, 0.3) is 5.95 Å². The summed E-state index contributed by atoms with van der Waals surface area (Å²) in [7, 11) is 0. The van der Waals surface area contributed by atoms with Crippen molar-refractivity contribution in [1.29, 1.82) is 0 Å². The van der Waals surface area contributed by atoms with E-state index in [9.17, 15) is 0 Å². The number of hydrogen-bond acceptors (Lipinski definition) is 6. The minimum atomic E-state index is 0.205. The van der Waals surface area contributed by atoms with Crippen molar-refractivity contribution in [1.82, 2.24) is 38.0 Å². The Labute approximate surface area is 299 Å². The fourth-order valence-corrected chi connectivity index (χ4v) is 8.84. The third kappa shape index (κ3) is 3.42. The average Bonchev–Trinajstić information content (AvgIpc) is 4.05. The Morgan fingerprint density at radius 2 is 1.13 bits per heavy atom. The fraction of sp³-hybridized carbons (Fsp3) is 0.0233. The Hall–Kier alpha value is -7.46. The molecule has 5 aromatic heterocycles. The van der Waals surface area contributed by atoms with Crippen LogP contribution in [0.5, 0.6) is 0 Å². The van der Waals surface area contributed by atoms with Crippen molar-refractivity contribution in [3.8, 4) is 12.0 Å². The van der Waals surface area contributed by atoms with Crippen molar-refractivity contribution in [2.45, 2.75) is 5.92 Å². The van der Waals surface area contributed by atoms with Gasteiger partial charge in [-0.05, 0) is 88.6 Å². The van der Waals surface area contributed by atoms with E-state index in [-0.39, 0.29) is 5.92 Å². The van der Waals surface area contributed by atoms with Crippen LogP contribution in [-0.2, 0) is 0 Å². The number of anilines is 2. The van der Waals surface area contributed by atoms with Gasteiger partial charge in [0.05, 0.1) is 55.7 Å². The molecule has 6 aromatic carbocycles. The van der Waals surface area contributed by atoms with Crippen LogP contribution in [0.15, 0.2) is 150 Å². The highest BCUT2D eigenvalue weighted by Crippen LogP contribution is 2.55. The van der Waals surface area contributed by atoms with Gasteiger partial charge in [-0.15, -0.1) is 0 Å². The molecule has 0 amide bonds. The number of para-hydroxylation sites is 7. The zero-order valence-electron chi connectivity index (χ0n) is 27.9. The van der Waals surface area contributed by atoms with Crippen molar-refractivity contribution in [3.63, 3.8) is 0 Å². The van der Waals surface area contributed by atoms with E-state index in [1.807, 2.05) is 51.6 Å². The third-order valence-electron chi connectivity index (χ3n) is 11.0. The number of imidazole rings is 4. The van der Waals surface area contributed by atoms with E-state index in [1.165, 1.54) is 28.1 Å². The molecule has 11 aromatic rings. The molecule has 6 heterocycles. The summed E-state index contributed by atoms with van der Waals surface area (Å²) in [6.45, 7) is 0. The van der Waals surface area contributed by atoms with E-state index in [0.29, 0.717) is 23.5 Å². The van der Waals surface area contributed by atoms with Gasteiger partial charge in [-0.25, -0.2) is 19.1 Å². The molecule has 10 nitrogen and oxygen atoms in total. The molecule has 248 valence electrons. The Kier molecular flexibility index (Phi) is 4.97. The van der Waals surface area contributed by atoms with Crippen LogP contribution < -0.4 is 4.90 Å². The maximum atomic E-state index is 6.08. The molecule has 1 aliphatic carbocycles. The SMILES string of the molecule is C1=C2C(c3ccccc31)c1ccccc1N2c1ccc2nc3n(-c4noc(-n5c6ccccc6n6c7ccccc7nc56)n4)c4ccccc4n3c2c1. The highest BCUT2D eigenvalue weighted by molar-refractivity contribution is 5.96. The van der Waals surface area contributed by atoms with Gasteiger partial charge in [-0.1, -0.05) is 78.9 Å². The van der Waals surface area contributed by atoms with Crippen LogP contribution in [0.25, 0.3) is 73.7 Å². The lowest BCUT2D eigenvalue weighted by Gasteiger charge is -2.22. The Morgan fingerprint density at radius 3 is 1.96 bits per heavy atom. The molecule has 0 bridgehead atoms. The lowest BCUT2D eigenvalue weighted by molar-refractivity contribution is 0.404. The van der Waals surface area contributed by atoms with Gasteiger partial charge in [0.2, 0.25) is 11.6 Å². The van der Waals surface area contributed by atoms with Crippen LogP contribution in [0.4, 0.5) is 11.4 Å². The predicted octanol–water partition coefficient (Wildman–Crippen LogP) is 9.20. The first-order valence-corrected chi connectivity index (χ1v) is 17.6. The molecule has 0 saturated carbocycles. The summed E-state index contributed by atoms with van der Waals surface area (Å²) in [5, 5.41) is 4.56.